The second-order valence-corrected chi connectivity index (χ2v) is 24.8. The normalized spacial score (nSPS) is 22.9. The Labute approximate surface area is 376 Å². The van der Waals surface area contributed by atoms with Gasteiger partial charge in [-0.15, -0.1) is 22.7 Å². The summed E-state index contributed by atoms with van der Waals surface area (Å²) in [4.78, 5) is 5.82. The van der Waals surface area contributed by atoms with Gasteiger partial charge in [0.05, 0.1) is 5.54 Å². The maximum atomic E-state index is 2.94. The Balaban J connectivity index is 1.25. The zero-order valence-corrected chi connectivity index (χ0v) is 39.8. The Bertz CT molecular complexity index is 3320. The number of anilines is 4. The lowest BCUT2D eigenvalue weighted by molar-refractivity contribution is 0.195. The van der Waals surface area contributed by atoms with Crippen molar-refractivity contribution in [1.82, 2.24) is 0 Å². The number of hydrogen-bond acceptors (Lipinski definition) is 4. The summed E-state index contributed by atoms with van der Waals surface area (Å²) in [6, 6.07) is 36.8. The average Bonchev–Trinajstić information content (AvgIpc) is 3.86. The average molecular weight is 845 g/mol. The lowest BCUT2D eigenvalue weighted by Crippen LogP contribution is -2.64. The van der Waals surface area contributed by atoms with Crippen LogP contribution in [0.1, 0.15) is 129 Å². The largest absolute Gasteiger partial charge is 0.376 e. The Hall–Kier alpha value is -4.58. The van der Waals surface area contributed by atoms with Crippen molar-refractivity contribution in [3.63, 3.8) is 0 Å². The van der Waals surface area contributed by atoms with Crippen LogP contribution in [-0.2, 0) is 21.7 Å². The van der Waals surface area contributed by atoms with Gasteiger partial charge in [-0.1, -0.05) is 123 Å². The van der Waals surface area contributed by atoms with Crippen molar-refractivity contribution in [2.45, 2.75) is 135 Å². The molecular formula is C57H57BN2S2. The maximum absolute atomic E-state index is 2.94. The zero-order valence-electron chi connectivity index (χ0n) is 38.2. The molecule has 2 nitrogen and oxygen atoms in total. The van der Waals surface area contributed by atoms with Gasteiger partial charge in [0.25, 0.3) is 0 Å². The third kappa shape index (κ3) is 4.62. The van der Waals surface area contributed by atoms with Gasteiger partial charge in [0.15, 0.2) is 0 Å². The Morgan fingerprint density at radius 1 is 0.597 bits per heavy atom. The molecule has 310 valence electrons. The first-order valence-corrected chi connectivity index (χ1v) is 25.0. The molecule has 0 N–H and O–H groups in total. The predicted molar refractivity (Wildman–Crippen MR) is 273 cm³/mol. The summed E-state index contributed by atoms with van der Waals surface area (Å²) in [6.07, 6.45) is 7.38. The van der Waals surface area contributed by atoms with Crippen LogP contribution in [0.15, 0.2) is 91.0 Å². The van der Waals surface area contributed by atoms with Crippen molar-refractivity contribution in [1.29, 1.82) is 0 Å². The first-order valence-electron chi connectivity index (χ1n) is 23.4. The van der Waals surface area contributed by atoms with Crippen LogP contribution >= 0.6 is 22.7 Å². The van der Waals surface area contributed by atoms with Gasteiger partial charge in [-0.3, -0.25) is 0 Å². The summed E-state index contributed by atoms with van der Waals surface area (Å²) in [7, 11) is 0. The van der Waals surface area contributed by atoms with E-state index >= 15 is 0 Å². The molecule has 2 aliphatic carbocycles. The fourth-order valence-corrected chi connectivity index (χ4v) is 15.8. The lowest BCUT2D eigenvalue weighted by atomic mass is 9.43. The minimum Gasteiger partial charge on any atom is -0.376 e. The summed E-state index contributed by atoms with van der Waals surface area (Å²) >= 11 is 3.97. The lowest BCUT2D eigenvalue weighted by Gasteiger charge is -2.53. The Morgan fingerprint density at radius 3 is 1.97 bits per heavy atom. The molecule has 0 saturated heterocycles. The summed E-state index contributed by atoms with van der Waals surface area (Å²) in [5.74, 6) is 0. The van der Waals surface area contributed by atoms with Gasteiger partial charge in [0.1, 0.15) is 0 Å². The quantitative estimate of drug-likeness (QED) is 0.152. The molecule has 5 heterocycles. The van der Waals surface area contributed by atoms with Crippen molar-refractivity contribution < 1.29 is 0 Å². The van der Waals surface area contributed by atoms with Crippen molar-refractivity contribution in [3.05, 3.63) is 119 Å². The van der Waals surface area contributed by atoms with E-state index < -0.39 is 0 Å². The Kier molecular flexibility index (Phi) is 7.31. The summed E-state index contributed by atoms with van der Waals surface area (Å²) < 4.78 is 5.56. The molecule has 5 aliphatic rings. The van der Waals surface area contributed by atoms with Crippen LogP contribution in [0.2, 0.25) is 0 Å². The summed E-state index contributed by atoms with van der Waals surface area (Å²) in [5.41, 5.74) is 19.2. The molecule has 5 heteroatoms. The second kappa shape index (κ2) is 12.0. The molecular weight excluding hydrogens is 788 g/mol. The maximum Gasteiger partial charge on any atom is 0.333 e. The highest BCUT2D eigenvalue weighted by molar-refractivity contribution is 7.27. The van der Waals surface area contributed by atoms with Crippen LogP contribution in [0, 0.1) is 6.92 Å². The minimum absolute atomic E-state index is 0.000535. The predicted octanol–water partition coefficient (Wildman–Crippen LogP) is 15.4. The standard InChI is InChI=1S/C57H57BN2S2/c1-32-25-39-40(55(7,8)24-23-54(39,5)6)31-43(32)60-44-28-36-34-17-11-13-19-46(34)61-48(36)30-38(44)49-50-45(29-37-35-18-12-14-20-47(35)62-52(37)49)59-51-41(56(9)21-15-16-22-57(56,59)10)26-33(53(2,3)4)27-42(51)58(50)60/h11-14,17-20,25-31H,15-16,21-24H2,1-10H3. The topological polar surface area (TPSA) is 6.48 Å². The van der Waals surface area contributed by atoms with E-state index in [9.17, 15) is 0 Å². The molecule has 2 unspecified atom stereocenters. The van der Waals surface area contributed by atoms with Crippen LogP contribution in [0.4, 0.5) is 22.7 Å². The minimum atomic E-state index is -0.0467. The number of aryl methyl sites for hydroxylation is 1. The van der Waals surface area contributed by atoms with E-state index in [4.69, 9.17) is 0 Å². The van der Waals surface area contributed by atoms with E-state index in [-0.39, 0.29) is 34.0 Å². The number of fused-ring (bicyclic) bond motifs is 15. The van der Waals surface area contributed by atoms with E-state index in [1.807, 2.05) is 22.7 Å². The van der Waals surface area contributed by atoms with E-state index in [0.29, 0.717) is 0 Å². The van der Waals surface area contributed by atoms with Gasteiger partial charge >= 0.3 is 6.85 Å². The van der Waals surface area contributed by atoms with Gasteiger partial charge < -0.3 is 9.71 Å². The number of nitrogens with zero attached hydrogens (tertiary/aromatic N) is 2. The third-order valence-electron chi connectivity index (χ3n) is 17.3. The summed E-state index contributed by atoms with van der Waals surface area (Å²) in [5, 5.41) is 5.53. The van der Waals surface area contributed by atoms with Crippen LogP contribution in [-0.4, -0.2) is 12.4 Å². The molecule has 3 aliphatic heterocycles. The van der Waals surface area contributed by atoms with Gasteiger partial charge in [-0.2, -0.15) is 0 Å². The molecule has 0 bridgehead atoms. The molecule has 6 aromatic carbocycles. The van der Waals surface area contributed by atoms with Crippen LogP contribution < -0.4 is 20.6 Å². The van der Waals surface area contributed by atoms with Crippen LogP contribution in [0.25, 0.3) is 51.5 Å². The van der Waals surface area contributed by atoms with Crippen molar-refractivity contribution in [2.75, 3.05) is 9.71 Å². The molecule has 2 aromatic heterocycles. The first-order chi connectivity index (χ1) is 29.5. The second-order valence-electron chi connectivity index (χ2n) is 22.7. The number of benzene rings is 6. The smallest absolute Gasteiger partial charge is 0.333 e. The molecule has 13 rings (SSSR count). The van der Waals surface area contributed by atoms with Gasteiger partial charge in [-0.05, 0) is 131 Å². The summed E-state index contributed by atoms with van der Waals surface area (Å²) in [6.45, 7) is 25.0. The molecule has 1 fully saturated rings. The molecule has 0 amide bonds. The third-order valence-corrected chi connectivity index (χ3v) is 19.6. The van der Waals surface area contributed by atoms with Gasteiger partial charge in [-0.25, -0.2) is 0 Å². The van der Waals surface area contributed by atoms with E-state index in [0.717, 1.165) is 0 Å². The zero-order chi connectivity index (χ0) is 42.6. The van der Waals surface area contributed by atoms with E-state index in [1.54, 1.807) is 5.56 Å². The fourth-order valence-electron chi connectivity index (χ4n) is 13.4. The molecule has 62 heavy (non-hydrogen) atoms. The van der Waals surface area contributed by atoms with E-state index in [2.05, 4.69) is 170 Å². The van der Waals surface area contributed by atoms with Gasteiger partial charge in [0.2, 0.25) is 0 Å². The first kappa shape index (κ1) is 37.9. The molecule has 0 radical (unpaired) electrons. The highest BCUT2D eigenvalue weighted by Crippen LogP contribution is 2.64. The van der Waals surface area contributed by atoms with Crippen molar-refractivity contribution in [2.24, 2.45) is 0 Å². The van der Waals surface area contributed by atoms with E-state index in [1.165, 1.54) is 146 Å². The fraction of sp³-hybridized carbons (Fsp3) is 0.368. The monoisotopic (exact) mass is 844 g/mol. The molecule has 2 atom stereocenters. The number of rotatable bonds is 1. The van der Waals surface area contributed by atoms with Crippen molar-refractivity contribution >= 4 is 104 Å². The van der Waals surface area contributed by atoms with Crippen molar-refractivity contribution in [3.8, 4) is 11.1 Å². The highest BCUT2D eigenvalue weighted by atomic mass is 32.1. The van der Waals surface area contributed by atoms with Crippen LogP contribution in [0.5, 0.6) is 0 Å². The highest BCUT2D eigenvalue weighted by Gasteiger charge is 2.62. The molecule has 0 spiro atoms. The number of thiophene rings is 2. The molecule has 1 saturated carbocycles. The number of hydrogen-bond donors (Lipinski definition) is 0. The van der Waals surface area contributed by atoms with Gasteiger partial charge in [0, 0.05) is 79.6 Å². The Morgan fingerprint density at radius 2 is 1.24 bits per heavy atom. The molecule has 8 aromatic rings. The van der Waals surface area contributed by atoms with Crippen LogP contribution in [0.3, 0.4) is 0 Å². The SMILES string of the molecule is Cc1cc2c(cc1N1B3c4cc(C(C)(C)C)cc5c4N(c4cc6c(sc7ccccc76)c(c43)-c3cc4sc6ccccc6c4cc31)C1(C)CCCCC51C)C(C)(C)CCC2(C)C.